The molecule has 0 radical (unpaired) electrons. The van der Waals surface area contributed by atoms with Crippen LogP contribution < -0.4 is 0 Å². The smallest absolute Gasteiger partial charge is 0.187 e. The van der Waals surface area contributed by atoms with Gasteiger partial charge >= 0.3 is 0 Å². The first-order valence-corrected chi connectivity index (χ1v) is 6.70. The topological polar surface area (TPSA) is 36.9 Å². The van der Waals surface area contributed by atoms with Gasteiger partial charge in [0.15, 0.2) is 12.1 Å². The van der Waals surface area contributed by atoms with Gasteiger partial charge in [0.05, 0.1) is 12.2 Å². The van der Waals surface area contributed by atoms with E-state index in [0.717, 1.165) is 12.8 Å². The zero-order valence-electron chi connectivity index (χ0n) is 11.7. The van der Waals surface area contributed by atoms with E-state index in [1.807, 2.05) is 33.8 Å². The third-order valence-electron chi connectivity index (χ3n) is 3.17. The highest BCUT2D eigenvalue weighted by Crippen LogP contribution is 2.40. The summed E-state index contributed by atoms with van der Waals surface area (Å²) in [7, 11) is 0. The molecule has 4 atom stereocenters. The lowest BCUT2D eigenvalue weighted by Crippen LogP contribution is -2.33. The van der Waals surface area contributed by atoms with E-state index in [-0.39, 0.29) is 30.7 Å². The largest absolute Gasteiger partial charge is 0.347 e. The third-order valence-corrected chi connectivity index (χ3v) is 3.17. The lowest BCUT2D eigenvalue weighted by Gasteiger charge is -2.25. The summed E-state index contributed by atoms with van der Waals surface area (Å²) in [5.41, 5.74) is 0. The van der Waals surface area contributed by atoms with Gasteiger partial charge in [-0.05, 0) is 40.5 Å². The molecule has 2 fully saturated rings. The fourth-order valence-corrected chi connectivity index (χ4v) is 2.53. The van der Waals surface area contributed by atoms with E-state index in [1.54, 1.807) is 0 Å². The first-order valence-electron chi connectivity index (χ1n) is 6.70. The quantitative estimate of drug-likeness (QED) is 0.709. The molecule has 0 spiro atoms. The van der Waals surface area contributed by atoms with Gasteiger partial charge in [-0.25, -0.2) is 0 Å². The van der Waals surface area contributed by atoms with E-state index in [4.69, 9.17) is 18.9 Å². The number of rotatable bonds is 5. The average Bonchev–Trinajstić information content (AvgIpc) is 2.71. The highest BCUT2D eigenvalue weighted by Gasteiger charge is 2.55. The molecule has 104 valence electrons. The second-order valence-electron chi connectivity index (χ2n) is 5.66. The highest BCUT2D eigenvalue weighted by molar-refractivity contribution is 4.95. The van der Waals surface area contributed by atoms with Crippen LogP contribution in [0.5, 0.6) is 0 Å². The Morgan fingerprint density at radius 1 is 1.28 bits per heavy atom. The van der Waals surface area contributed by atoms with E-state index in [0.29, 0.717) is 0 Å². The van der Waals surface area contributed by atoms with Gasteiger partial charge in [0.1, 0.15) is 12.2 Å². The van der Waals surface area contributed by atoms with Crippen LogP contribution in [-0.4, -0.2) is 36.5 Å². The van der Waals surface area contributed by atoms with Gasteiger partial charge in [-0.3, -0.25) is 0 Å². The van der Waals surface area contributed by atoms with E-state index >= 15 is 0 Å². The van der Waals surface area contributed by atoms with Crippen LogP contribution in [0.15, 0.2) is 12.7 Å². The van der Waals surface area contributed by atoms with Crippen LogP contribution in [-0.2, 0) is 18.9 Å². The number of allylic oxidation sites excluding steroid dienone is 1. The number of fused-ring (bicyclic) bond motifs is 1. The highest BCUT2D eigenvalue weighted by atomic mass is 16.8. The van der Waals surface area contributed by atoms with Crippen LogP contribution in [0, 0.1) is 0 Å². The molecule has 0 unspecified atom stereocenters. The Labute approximate surface area is 109 Å². The fraction of sp³-hybridized carbons (Fsp3) is 0.857. The Morgan fingerprint density at radius 3 is 2.56 bits per heavy atom. The van der Waals surface area contributed by atoms with Crippen LogP contribution in [0.1, 0.15) is 40.5 Å². The summed E-state index contributed by atoms with van der Waals surface area (Å²) in [5.74, 6) is -0.551. The van der Waals surface area contributed by atoms with Crippen molar-refractivity contribution in [3.05, 3.63) is 12.7 Å². The molecule has 2 aliphatic rings. The molecule has 0 saturated carbocycles. The van der Waals surface area contributed by atoms with Gasteiger partial charge in [0.25, 0.3) is 0 Å². The molecule has 2 saturated heterocycles. The monoisotopic (exact) mass is 256 g/mol. The molecule has 0 aromatic carbocycles. The average molecular weight is 256 g/mol. The molecule has 0 aromatic heterocycles. The van der Waals surface area contributed by atoms with Gasteiger partial charge < -0.3 is 18.9 Å². The summed E-state index contributed by atoms with van der Waals surface area (Å²) in [6, 6.07) is 0. The molecule has 0 bridgehead atoms. The van der Waals surface area contributed by atoms with Crippen molar-refractivity contribution < 1.29 is 18.9 Å². The minimum Gasteiger partial charge on any atom is -0.347 e. The summed E-state index contributed by atoms with van der Waals surface area (Å²) in [4.78, 5) is 0. The molecule has 0 aliphatic carbocycles. The molecule has 2 rings (SSSR count). The van der Waals surface area contributed by atoms with Crippen molar-refractivity contribution in [2.45, 2.75) is 77.0 Å². The van der Waals surface area contributed by atoms with Crippen molar-refractivity contribution in [1.29, 1.82) is 0 Å². The van der Waals surface area contributed by atoms with Gasteiger partial charge in [-0.15, -0.1) is 6.58 Å². The molecule has 0 aromatic rings. The van der Waals surface area contributed by atoms with Crippen LogP contribution in [0.2, 0.25) is 0 Å². The SMILES string of the molecule is C=CCC[C@H]1O[C@@H](OC(C)C)[C@@H]2OC(C)(C)O[C@@H]21. The molecule has 0 amide bonds. The summed E-state index contributed by atoms with van der Waals surface area (Å²) in [6.45, 7) is 11.6. The molecule has 2 heterocycles. The Hall–Kier alpha value is -0.420. The normalized spacial score (nSPS) is 38.1. The Balaban J connectivity index is 2.05. The Kier molecular flexibility index (Phi) is 4.11. The maximum absolute atomic E-state index is 5.93. The minimum atomic E-state index is -0.551. The minimum absolute atomic E-state index is 0.0264. The van der Waals surface area contributed by atoms with E-state index < -0.39 is 5.79 Å². The zero-order valence-corrected chi connectivity index (χ0v) is 11.7. The second kappa shape index (κ2) is 5.29. The lowest BCUT2D eigenvalue weighted by atomic mass is 10.1. The first kappa shape index (κ1) is 14.0. The zero-order chi connectivity index (χ0) is 13.3. The van der Waals surface area contributed by atoms with Crippen molar-refractivity contribution in [2.24, 2.45) is 0 Å². The van der Waals surface area contributed by atoms with Crippen LogP contribution >= 0.6 is 0 Å². The molecular weight excluding hydrogens is 232 g/mol. The summed E-state index contributed by atoms with van der Waals surface area (Å²) >= 11 is 0. The summed E-state index contributed by atoms with van der Waals surface area (Å²) < 4.78 is 23.5. The van der Waals surface area contributed by atoms with E-state index in [1.165, 1.54) is 0 Å². The van der Waals surface area contributed by atoms with Crippen LogP contribution in [0.3, 0.4) is 0 Å². The maximum Gasteiger partial charge on any atom is 0.187 e. The van der Waals surface area contributed by atoms with Crippen molar-refractivity contribution in [3.8, 4) is 0 Å². The predicted octanol–water partition coefficient (Wildman–Crippen LogP) is 2.62. The summed E-state index contributed by atoms with van der Waals surface area (Å²) in [6.07, 6.45) is 3.34. The fourth-order valence-electron chi connectivity index (χ4n) is 2.53. The molecule has 18 heavy (non-hydrogen) atoms. The van der Waals surface area contributed by atoms with Crippen LogP contribution in [0.4, 0.5) is 0 Å². The molecule has 4 heteroatoms. The third kappa shape index (κ3) is 2.94. The molecule has 4 nitrogen and oxygen atoms in total. The number of hydrogen-bond acceptors (Lipinski definition) is 4. The second-order valence-corrected chi connectivity index (χ2v) is 5.66. The van der Waals surface area contributed by atoms with Crippen molar-refractivity contribution in [3.63, 3.8) is 0 Å². The van der Waals surface area contributed by atoms with Crippen molar-refractivity contribution in [1.82, 2.24) is 0 Å². The van der Waals surface area contributed by atoms with Gasteiger partial charge in [0, 0.05) is 0 Å². The van der Waals surface area contributed by atoms with Crippen LogP contribution in [0.25, 0.3) is 0 Å². The first-order chi connectivity index (χ1) is 8.43. The lowest BCUT2D eigenvalue weighted by molar-refractivity contribution is -0.241. The Morgan fingerprint density at radius 2 is 1.94 bits per heavy atom. The van der Waals surface area contributed by atoms with Gasteiger partial charge in [-0.2, -0.15) is 0 Å². The molecule has 0 N–H and O–H groups in total. The summed E-state index contributed by atoms with van der Waals surface area (Å²) in [5, 5.41) is 0. The number of ether oxygens (including phenoxy) is 4. The number of hydrogen-bond donors (Lipinski definition) is 0. The molecule has 2 aliphatic heterocycles. The van der Waals surface area contributed by atoms with Crippen molar-refractivity contribution >= 4 is 0 Å². The maximum atomic E-state index is 5.93. The van der Waals surface area contributed by atoms with Gasteiger partial charge in [0.2, 0.25) is 0 Å². The standard InChI is InChI=1S/C14H24O4/c1-6-7-8-10-11-12(18-14(4,5)17-11)13(16-10)15-9(2)3/h6,9-13H,1,7-8H2,2-5H3/t10-,11-,12-,13-/m1/s1. The van der Waals surface area contributed by atoms with Gasteiger partial charge in [-0.1, -0.05) is 6.08 Å². The predicted molar refractivity (Wildman–Crippen MR) is 68.1 cm³/mol. The van der Waals surface area contributed by atoms with E-state index in [9.17, 15) is 0 Å². The Bertz CT molecular complexity index is 300. The van der Waals surface area contributed by atoms with Crippen molar-refractivity contribution in [2.75, 3.05) is 0 Å². The van der Waals surface area contributed by atoms with E-state index in [2.05, 4.69) is 6.58 Å². The molecular formula is C14H24O4.